The van der Waals surface area contributed by atoms with Gasteiger partial charge in [-0.2, -0.15) is 5.10 Å². The minimum atomic E-state index is -3.92. The molecule has 1 N–H and O–H groups in total. The second-order valence-corrected chi connectivity index (χ2v) is 18.7. The van der Waals surface area contributed by atoms with Crippen LogP contribution in [0.2, 0.25) is 5.02 Å². The number of carbonyl (C=O) groups excluding carboxylic acids is 3. The fraction of sp³-hybridized carbons (Fsp3) is 0.465. The lowest BCUT2D eigenvalue weighted by Crippen LogP contribution is -2.49. The minimum Gasteiger partial charge on any atom is -0.493 e. The molecule has 2 aliphatic heterocycles. The van der Waals surface area contributed by atoms with Crippen LogP contribution in [0.25, 0.3) is 0 Å². The molecule has 324 valence electrons. The third-order valence-electron chi connectivity index (χ3n) is 12.3. The fourth-order valence-electron chi connectivity index (χ4n) is 9.12. The van der Waals surface area contributed by atoms with E-state index in [2.05, 4.69) is 36.3 Å². The molecule has 4 heterocycles. The maximum absolute atomic E-state index is 15.0. The van der Waals surface area contributed by atoms with Crippen molar-refractivity contribution in [1.29, 1.82) is 0 Å². The number of esters is 1. The Balaban J connectivity index is 1.21. The van der Waals surface area contributed by atoms with Crippen LogP contribution < -0.4 is 23.8 Å². The van der Waals surface area contributed by atoms with Crippen molar-refractivity contribution >= 4 is 45.0 Å². The first kappa shape index (κ1) is 42.3. The highest BCUT2D eigenvalue weighted by atomic mass is 35.5. The molecule has 8 rings (SSSR count). The van der Waals surface area contributed by atoms with Crippen LogP contribution in [0.15, 0.2) is 65.3 Å². The molecule has 1 saturated carbocycles. The zero-order valence-corrected chi connectivity index (χ0v) is 36.4. The van der Waals surface area contributed by atoms with Gasteiger partial charge in [0.2, 0.25) is 11.6 Å². The van der Waals surface area contributed by atoms with E-state index in [0.717, 1.165) is 37.8 Å². The number of rotatable bonds is 7. The van der Waals surface area contributed by atoms with Crippen molar-refractivity contribution in [2.75, 3.05) is 51.7 Å². The topological polar surface area (TPSA) is 178 Å². The summed E-state index contributed by atoms with van der Waals surface area (Å²) in [7, 11) is 3.77. The number of ether oxygens (including phenoxy) is 5. The summed E-state index contributed by atoms with van der Waals surface area (Å²) >= 11 is 6.49. The number of amides is 2. The summed E-state index contributed by atoms with van der Waals surface area (Å²) in [6.07, 6.45) is 9.72. The smallest absolute Gasteiger partial charge is 0.363 e. The van der Waals surface area contributed by atoms with Gasteiger partial charge in [-0.15, -0.1) is 9.46 Å². The Morgan fingerprint density at radius 2 is 1.82 bits per heavy atom. The Morgan fingerprint density at radius 3 is 2.57 bits per heavy atom. The van der Waals surface area contributed by atoms with Crippen LogP contribution in [0.1, 0.15) is 74.4 Å². The molecular weight excluding hydrogens is 826 g/mol. The molecule has 4 aromatic rings. The number of benzene rings is 2. The SMILES string of the molecule is COc1cn(C)nc1C(=O)O[C@H]1/C=C\[C@H](OC)[C@@H]2CC[C@H]2CN2C[C@@]3(CCCc4cc(Cl)ccc43)COc3ccc(cc32)C(=O)N=S(=O)(NC(=O)c2cn(C)nc2OC)CC1. The van der Waals surface area contributed by atoms with E-state index in [-0.39, 0.29) is 64.0 Å². The Labute approximate surface area is 359 Å². The number of fused-ring (bicyclic) bond motifs is 4. The van der Waals surface area contributed by atoms with Crippen molar-refractivity contribution in [2.45, 2.75) is 56.1 Å². The first-order chi connectivity index (χ1) is 29.3. The van der Waals surface area contributed by atoms with E-state index in [4.69, 9.17) is 35.3 Å². The summed E-state index contributed by atoms with van der Waals surface area (Å²) in [6.45, 7) is 1.70. The third kappa shape index (κ3) is 8.60. The molecule has 0 radical (unpaired) electrons. The zero-order valence-electron chi connectivity index (χ0n) is 34.8. The van der Waals surface area contributed by atoms with Crippen molar-refractivity contribution < 1.29 is 42.3 Å². The highest BCUT2D eigenvalue weighted by Gasteiger charge is 2.44. The van der Waals surface area contributed by atoms with Crippen molar-refractivity contribution in [3.63, 3.8) is 0 Å². The summed E-state index contributed by atoms with van der Waals surface area (Å²) in [5.74, 6) is -1.64. The predicted molar refractivity (Wildman–Crippen MR) is 227 cm³/mol. The second kappa shape index (κ2) is 17.2. The van der Waals surface area contributed by atoms with E-state index in [9.17, 15) is 18.6 Å². The van der Waals surface area contributed by atoms with Crippen LogP contribution in [0.5, 0.6) is 17.4 Å². The zero-order chi connectivity index (χ0) is 43.1. The normalized spacial score (nSPS) is 26.7. The molecule has 6 atom stereocenters. The monoisotopic (exact) mass is 875 g/mol. The molecule has 2 aromatic carbocycles. The van der Waals surface area contributed by atoms with Gasteiger partial charge in [0.05, 0.1) is 44.6 Å². The summed E-state index contributed by atoms with van der Waals surface area (Å²) in [5, 5.41) is 9.07. The number of nitrogens with one attached hydrogen (secondary N) is 1. The molecule has 16 nitrogen and oxygen atoms in total. The molecule has 2 aliphatic carbocycles. The van der Waals surface area contributed by atoms with Gasteiger partial charge in [-0.25, -0.2) is 9.00 Å². The van der Waals surface area contributed by atoms with E-state index in [0.29, 0.717) is 30.5 Å². The van der Waals surface area contributed by atoms with Gasteiger partial charge in [-0.1, -0.05) is 23.7 Å². The van der Waals surface area contributed by atoms with E-state index in [1.807, 2.05) is 12.1 Å². The molecule has 1 spiro atoms. The number of hydrogen-bond donors (Lipinski definition) is 1. The Hall–Kier alpha value is -5.39. The van der Waals surface area contributed by atoms with Crippen molar-refractivity contribution in [3.8, 4) is 17.4 Å². The lowest BCUT2D eigenvalue weighted by Gasteiger charge is -2.46. The van der Waals surface area contributed by atoms with E-state index >= 15 is 0 Å². The van der Waals surface area contributed by atoms with Crippen LogP contribution in [0, 0.1) is 11.8 Å². The van der Waals surface area contributed by atoms with E-state index in [1.54, 1.807) is 51.7 Å². The lowest BCUT2D eigenvalue weighted by atomic mass is 9.68. The average Bonchev–Trinajstić information content (AvgIpc) is 3.78. The van der Waals surface area contributed by atoms with E-state index < -0.39 is 33.8 Å². The second-order valence-electron chi connectivity index (χ2n) is 16.2. The molecule has 2 aromatic heterocycles. The lowest BCUT2D eigenvalue weighted by molar-refractivity contribution is 0.0118. The number of halogens is 1. The number of carbonyl (C=O) groups is 3. The van der Waals surface area contributed by atoms with Gasteiger partial charge in [-0.3, -0.25) is 23.7 Å². The van der Waals surface area contributed by atoms with Crippen LogP contribution in [0.4, 0.5) is 5.69 Å². The molecule has 1 unspecified atom stereocenters. The minimum absolute atomic E-state index is 0.00575. The third-order valence-corrected chi connectivity index (χ3v) is 14.3. The largest absolute Gasteiger partial charge is 0.493 e. The summed E-state index contributed by atoms with van der Waals surface area (Å²) in [4.78, 5) is 44.1. The quantitative estimate of drug-likeness (QED) is 0.183. The fourth-order valence-corrected chi connectivity index (χ4v) is 10.9. The average molecular weight is 876 g/mol. The predicted octanol–water partition coefficient (Wildman–Crippen LogP) is 5.48. The Kier molecular flexibility index (Phi) is 11.9. The van der Waals surface area contributed by atoms with Gasteiger partial charge in [0.25, 0.3) is 11.8 Å². The molecule has 2 amide bonds. The van der Waals surface area contributed by atoms with Gasteiger partial charge in [-0.05, 0) is 91.5 Å². The number of methoxy groups -OCH3 is 3. The molecule has 0 saturated heterocycles. The van der Waals surface area contributed by atoms with Crippen molar-refractivity contribution in [3.05, 3.63) is 93.9 Å². The number of aromatic nitrogens is 4. The van der Waals surface area contributed by atoms with Crippen LogP contribution in [-0.4, -0.2) is 101 Å². The molecule has 2 bridgehead atoms. The first-order valence-electron chi connectivity index (χ1n) is 20.3. The molecule has 4 aliphatic rings. The Morgan fingerprint density at radius 1 is 1.00 bits per heavy atom. The number of nitrogens with zero attached hydrogens (tertiary/aromatic N) is 6. The number of aryl methyl sites for hydroxylation is 3. The van der Waals surface area contributed by atoms with Crippen LogP contribution >= 0.6 is 11.6 Å². The standard InChI is InChI=1S/C43H50ClN7O9S/c1-49-22-32(41(46-49)58-5)40(53)48-61(55)18-16-30(60-42(54)38-37(57-4)23-50(2)45-38)11-15-35(56-3)31-12-8-28(31)21-51-24-43(17-6-7-26-19-29(44)10-13-33(26)43)25-59-36-14-9-27(20-34(36)51)39(52)47-61/h9-11,13-15,19-20,22-23,28,30-31,35H,6-8,12,16-18,21,24-25H2,1-5H3,(H,47,48,52,53,55)/b15-11-/t28-,30-,31+,35-,43-,61?/m0/s1. The summed E-state index contributed by atoms with van der Waals surface area (Å²) < 4.78 is 54.0. The van der Waals surface area contributed by atoms with Crippen LogP contribution in [0.3, 0.4) is 0 Å². The molecular formula is C43H50ClN7O9S. The van der Waals surface area contributed by atoms with Crippen LogP contribution in [-0.2, 0) is 45.3 Å². The highest BCUT2D eigenvalue weighted by Crippen LogP contribution is 2.47. The van der Waals surface area contributed by atoms with Gasteiger partial charge in [0.1, 0.15) is 27.3 Å². The van der Waals surface area contributed by atoms with E-state index in [1.165, 1.54) is 40.9 Å². The number of anilines is 1. The molecule has 1 fully saturated rings. The van der Waals surface area contributed by atoms with Gasteiger partial charge >= 0.3 is 5.97 Å². The Bertz CT molecular complexity index is 2510. The first-order valence-corrected chi connectivity index (χ1v) is 22.4. The van der Waals surface area contributed by atoms with Gasteiger partial charge in [0, 0.05) is 62.9 Å². The molecule has 61 heavy (non-hydrogen) atoms. The summed E-state index contributed by atoms with van der Waals surface area (Å²) in [5.41, 5.74) is 2.90. The van der Waals surface area contributed by atoms with Gasteiger partial charge in [0.15, 0.2) is 5.75 Å². The number of hydrogen-bond acceptors (Lipinski definition) is 12. The molecule has 18 heteroatoms. The maximum Gasteiger partial charge on any atom is 0.363 e. The maximum atomic E-state index is 15.0. The summed E-state index contributed by atoms with van der Waals surface area (Å²) in [6, 6.07) is 11.2. The van der Waals surface area contributed by atoms with Gasteiger partial charge < -0.3 is 28.6 Å². The highest BCUT2D eigenvalue weighted by molar-refractivity contribution is 7.92. The van der Waals surface area contributed by atoms with Crippen molar-refractivity contribution in [2.24, 2.45) is 30.3 Å². The van der Waals surface area contributed by atoms with Crippen molar-refractivity contribution in [1.82, 2.24) is 24.3 Å².